The minimum absolute atomic E-state index is 0.267. The van der Waals surface area contributed by atoms with E-state index in [4.69, 9.17) is 5.73 Å². The molecule has 0 aromatic carbocycles. The Bertz CT molecular complexity index is 553. The zero-order valence-corrected chi connectivity index (χ0v) is 10.3. The molecule has 1 amide bonds. The summed E-state index contributed by atoms with van der Waals surface area (Å²) in [6.07, 6.45) is 5.17. The molecule has 0 spiro atoms. The second kappa shape index (κ2) is 4.30. The van der Waals surface area contributed by atoms with Gasteiger partial charge in [0.15, 0.2) is 5.65 Å². The van der Waals surface area contributed by atoms with Crippen molar-refractivity contribution in [1.29, 1.82) is 0 Å². The zero-order valence-electron chi connectivity index (χ0n) is 8.67. The van der Waals surface area contributed by atoms with Gasteiger partial charge in [-0.2, -0.15) is 0 Å². The largest absolute Gasteiger partial charge is 0.364 e. The number of imidazole rings is 1. The van der Waals surface area contributed by atoms with E-state index in [0.717, 1.165) is 5.03 Å². The topological polar surface area (TPSA) is 86.2 Å². The van der Waals surface area contributed by atoms with E-state index in [0.29, 0.717) is 10.8 Å². The minimum Gasteiger partial charge on any atom is -0.364 e. The van der Waals surface area contributed by atoms with Crippen LogP contribution in [0.3, 0.4) is 0 Å². The van der Waals surface area contributed by atoms with Crippen LogP contribution in [-0.4, -0.2) is 38.0 Å². The Balaban J connectivity index is 2.76. The third-order valence-electron chi connectivity index (χ3n) is 1.94. The van der Waals surface area contributed by atoms with Crippen LogP contribution in [-0.2, 0) is 0 Å². The number of aromatic nitrogens is 4. The van der Waals surface area contributed by atoms with Gasteiger partial charge in [-0.1, -0.05) is 11.8 Å². The summed E-state index contributed by atoms with van der Waals surface area (Å²) in [6, 6.07) is 0. The molecule has 0 bridgehead atoms. The highest BCUT2D eigenvalue weighted by atomic mass is 32.2. The first-order valence-corrected chi connectivity index (χ1v) is 6.76. The summed E-state index contributed by atoms with van der Waals surface area (Å²) in [7, 11) is 0. The number of carbonyl (C=O) groups excluding carboxylic acids is 1. The molecular weight excluding hydrogens is 246 g/mol. The van der Waals surface area contributed by atoms with E-state index in [2.05, 4.69) is 15.1 Å². The third kappa shape index (κ3) is 1.74. The Morgan fingerprint density at radius 3 is 2.75 bits per heavy atom. The number of primary amides is 1. The molecule has 8 heteroatoms. The summed E-state index contributed by atoms with van der Waals surface area (Å²) in [4.78, 5) is 19.5. The maximum atomic E-state index is 11.2. The van der Waals surface area contributed by atoms with Crippen LogP contribution in [0, 0.1) is 0 Å². The quantitative estimate of drug-likeness (QED) is 0.811. The highest BCUT2D eigenvalue weighted by Crippen LogP contribution is 2.21. The van der Waals surface area contributed by atoms with Gasteiger partial charge in [-0.3, -0.25) is 4.79 Å². The molecule has 0 saturated carbocycles. The highest BCUT2D eigenvalue weighted by Gasteiger charge is 2.14. The van der Waals surface area contributed by atoms with E-state index in [1.807, 2.05) is 12.5 Å². The number of nitrogens with two attached hydrogens (primary N) is 1. The van der Waals surface area contributed by atoms with Crippen LogP contribution in [0.25, 0.3) is 5.65 Å². The van der Waals surface area contributed by atoms with E-state index >= 15 is 0 Å². The Hall–Kier alpha value is -1.28. The smallest absolute Gasteiger partial charge is 0.269 e. The molecule has 0 fully saturated rings. The number of nitrogens with zero attached hydrogens (tertiary/aromatic N) is 4. The summed E-state index contributed by atoms with van der Waals surface area (Å²) in [5, 5.41) is 5.48. The standard InChI is InChI=1S/C8H9N5OS2/c1-15-7-6-10-3-4(5(9)14)13(6)12-8(11-7)16-2/h3H,1-2H3,(H2,9,14). The molecule has 2 rings (SSSR count). The fourth-order valence-electron chi connectivity index (χ4n) is 1.23. The van der Waals surface area contributed by atoms with Crippen molar-refractivity contribution < 1.29 is 4.79 Å². The molecule has 0 aliphatic heterocycles. The van der Waals surface area contributed by atoms with E-state index in [-0.39, 0.29) is 5.69 Å². The fourth-order valence-corrected chi connectivity index (χ4v) is 2.13. The fraction of sp³-hybridized carbons (Fsp3) is 0.250. The van der Waals surface area contributed by atoms with Crippen molar-refractivity contribution in [3.05, 3.63) is 11.9 Å². The summed E-state index contributed by atoms with van der Waals surface area (Å²) < 4.78 is 1.44. The minimum atomic E-state index is -0.551. The van der Waals surface area contributed by atoms with Crippen LogP contribution in [0.5, 0.6) is 0 Å². The lowest BCUT2D eigenvalue weighted by Gasteiger charge is -2.02. The van der Waals surface area contributed by atoms with E-state index in [1.165, 1.54) is 34.2 Å². The number of thioether (sulfide) groups is 2. The molecule has 2 aromatic rings. The summed E-state index contributed by atoms with van der Waals surface area (Å²) in [5.74, 6) is -0.551. The van der Waals surface area contributed by atoms with Gasteiger partial charge in [0.05, 0.1) is 6.20 Å². The molecule has 2 aromatic heterocycles. The van der Waals surface area contributed by atoms with Crippen molar-refractivity contribution in [2.75, 3.05) is 12.5 Å². The van der Waals surface area contributed by atoms with Crippen LogP contribution in [0.4, 0.5) is 0 Å². The number of carbonyl (C=O) groups is 1. The van der Waals surface area contributed by atoms with Crippen molar-refractivity contribution in [1.82, 2.24) is 19.6 Å². The van der Waals surface area contributed by atoms with Crippen molar-refractivity contribution in [3.63, 3.8) is 0 Å². The molecule has 0 saturated heterocycles. The maximum absolute atomic E-state index is 11.2. The van der Waals surface area contributed by atoms with Gasteiger partial charge < -0.3 is 5.73 Å². The maximum Gasteiger partial charge on any atom is 0.269 e. The van der Waals surface area contributed by atoms with Crippen LogP contribution < -0.4 is 5.73 Å². The molecule has 6 nitrogen and oxygen atoms in total. The molecule has 0 atom stereocenters. The van der Waals surface area contributed by atoms with Crippen LogP contribution >= 0.6 is 23.5 Å². The average molecular weight is 255 g/mol. The van der Waals surface area contributed by atoms with Crippen molar-refractivity contribution >= 4 is 35.1 Å². The van der Waals surface area contributed by atoms with Gasteiger partial charge in [-0.25, -0.2) is 14.5 Å². The second-order valence-corrected chi connectivity index (χ2v) is 4.42. The summed E-state index contributed by atoms with van der Waals surface area (Å²) in [5.41, 5.74) is 6.05. The van der Waals surface area contributed by atoms with Gasteiger partial charge in [0.2, 0.25) is 5.16 Å². The molecule has 0 unspecified atom stereocenters. The molecule has 84 valence electrons. The first-order valence-electron chi connectivity index (χ1n) is 4.31. The van der Waals surface area contributed by atoms with Crippen molar-refractivity contribution in [2.24, 2.45) is 5.73 Å². The lowest BCUT2D eigenvalue weighted by atomic mass is 10.5. The average Bonchev–Trinajstić information content (AvgIpc) is 2.71. The van der Waals surface area contributed by atoms with Gasteiger partial charge in [-0.15, -0.1) is 16.9 Å². The van der Waals surface area contributed by atoms with E-state index in [1.54, 1.807) is 0 Å². The van der Waals surface area contributed by atoms with E-state index < -0.39 is 5.91 Å². The second-order valence-electron chi connectivity index (χ2n) is 2.85. The van der Waals surface area contributed by atoms with Gasteiger partial charge in [0.25, 0.3) is 5.91 Å². The van der Waals surface area contributed by atoms with Gasteiger partial charge in [0, 0.05) is 0 Å². The lowest BCUT2D eigenvalue weighted by molar-refractivity contribution is 0.0993. The summed E-state index contributed by atoms with van der Waals surface area (Å²) in [6.45, 7) is 0. The summed E-state index contributed by atoms with van der Waals surface area (Å²) >= 11 is 2.85. The molecule has 2 heterocycles. The Morgan fingerprint density at radius 1 is 1.44 bits per heavy atom. The van der Waals surface area contributed by atoms with Crippen LogP contribution in [0.1, 0.15) is 10.5 Å². The molecule has 16 heavy (non-hydrogen) atoms. The number of hydrogen-bond acceptors (Lipinski definition) is 6. The molecule has 0 aliphatic rings. The zero-order chi connectivity index (χ0) is 11.7. The molecular formula is C8H9N5OS2. The number of fused-ring (bicyclic) bond motifs is 1. The first-order chi connectivity index (χ1) is 7.67. The number of rotatable bonds is 3. The van der Waals surface area contributed by atoms with Crippen molar-refractivity contribution in [3.8, 4) is 0 Å². The predicted octanol–water partition coefficient (Wildman–Crippen LogP) is 0.667. The Morgan fingerprint density at radius 2 is 2.19 bits per heavy atom. The third-order valence-corrected chi connectivity index (χ3v) is 3.14. The Kier molecular flexibility index (Phi) is 3.01. The number of hydrogen-bond donors (Lipinski definition) is 1. The number of amides is 1. The highest BCUT2D eigenvalue weighted by molar-refractivity contribution is 7.99. The molecule has 2 N–H and O–H groups in total. The monoisotopic (exact) mass is 255 g/mol. The Labute approximate surface area is 100 Å². The SMILES string of the molecule is CSc1nc(SC)c2ncc(C(N)=O)n2n1. The van der Waals surface area contributed by atoms with Gasteiger partial charge in [-0.05, 0) is 12.5 Å². The van der Waals surface area contributed by atoms with Gasteiger partial charge in [0.1, 0.15) is 10.7 Å². The van der Waals surface area contributed by atoms with Crippen LogP contribution in [0.15, 0.2) is 16.4 Å². The predicted molar refractivity (Wildman–Crippen MR) is 62.9 cm³/mol. The molecule has 0 radical (unpaired) electrons. The lowest BCUT2D eigenvalue weighted by Crippen LogP contribution is -2.15. The van der Waals surface area contributed by atoms with Crippen LogP contribution in [0.2, 0.25) is 0 Å². The molecule has 0 aliphatic carbocycles. The van der Waals surface area contributed by atoms with Gasteiger partial charge >= 0.3 is 0 Å². The van der Waals surface area contributed by atoms with E-state index in [9.17, 15) is 4.79 Å². The van der Waals surface area contributed by atoms with Crippen molar-refractivity contribution in [2.45, 2.75) is 10.2 Å². The first kappa shape index (κ1) is 11.2. The normalized spacial score (nSPS) is 10.9.